The molecule has 6 heteroatoms. The minimum Gasteiger partial charge on any atom is -0.490 e. The molecule has 1 saturated heterocycles. The van der Waals surface area contributed by atoms with E-state index in [9.17, 15) is 4.79 Å². The van der Waals surface area contributed by atoms with E-state index in [0.29, 0.717) is 35.3 Å². The average molecular weight is 341 g/mol. The van der Waals surface area contributed by atoms with E-state index in [1.807, 2.05) is 20.9 Å². The van der Waals surface area contributed by atoms with Crippen molar-refractivity contribution in [3.63, 3.8) is 0 Å². The van der Waals surface area contributed by atoms with E-state index < -0.39 is 0 Å². The standard InChI is InChI=1S/C17H25ClN2O3/c1-4-8-23-16-14(18)9-12(10-15(16)22-5-2)17(21)20(3)13-6-7-19-11-13/h9-10,13,19H,4-8,11H2,1-3H3. The second-order valence-corrected chi connectivity index (χ2v) is 6.04. The minimum absolute atomic E-state index is 0.0522. The van der Waals surface area contributed by atoms with Gasteiger partial charge in [-0.1, -0.05) is 18.5 Å². The van der Waals surface area contributed by atoms with Crippen molar-refractivity contribution in [2.24, 2.45) is 0 Å². The summed E-state index contributed by atoms with van der Waals surface area (Å²) in [6, 6.07) is 3.60. The Morgan fingerprint density at radius 2 is 2.17 bits per heavy atom. The van der Waals surface area contributed by atoms with Crippen molar-refractivity contribution in [2.45, 2.75) is 32.7 Å². The van der Waals surface area contributed by atoms with Crippen molar-refractivity contribution < 1.29 is 14.3 Å². The summed E-state index contributed by atoms with van der Waals surface area (Å²) in [4.78, 5) is 14.5. The monoisotopic (exact) mass is 340 g/mol. The molecule has 2 rings (SSSR count). The minimum atomic E-state index is -0.0522. The van der Waals surface area contributed by atoms with E-state index in [-0.39, 0.29) is 11.9 Å². The van der Waals surface area contributed by atoms with E-state index in [0.717, 1.165) is 25.9 Å². The van der Waals surface area contributed by atoms with E-state index in [1.54, 1.807) is 17.0 Å². The molecule has 1 unspecified atom stereocenters. The van der Waals surface area contributed by atoms with Gasteiger partial charge in [0.1, 0.15) is 0 Å². The SMILES string of the molecule is CCCOc1c(Cl)cc(C(=O)N(C)C2CCNC2)cc1OCC. The van der Waals surface area contributed by atoms with E-state index in [2.05, 4.69) is 5.32 Å². The number of hydrogen-bond acceptors (Lipinski definition) is 4. The molecular weight excluding hydrogens is 316 g/mol. The number of carbonyl (C=O) groups excluding carboxylic acids is 1. The second kappa shape index (κ2) is 8.41. The third-order valence-corrected chi connectivity index (χ3v) is 4.19. The zero-order chi connectivity index (χ0) is 16.8. The molecule has 0 saturated carbocycles. The van der Waals surface area contributed by atoms with Crippen LogP contribution >= 0.6 is 11.6 Å². The summed E-state index contributed by atoms with van der Waals surface area (Å²) in [5.74, 6) is 0.982. The van der Waals surface area contributed by atoms with Crippen LogP contribution in [0.4, 0.5) is 0 Å². The summed E-state index contributed by atoms with van der Waals surface area (Å²) in [5.41, 5.74) is 0.525. The van der Waals surface area contributed by atoms with Gasteiger partial charge in [-0.25, -0.2) is 0 Å². The largest absolute Gasteiger partial charge is 0.490 e. The molecule has 1 heterocycles. The van der Waals surface area contributed by atoms with Gasteiger partial charge in [0.05, 0.1) is 18.2 Å². The van der Waals surface area contributed by atoms with E-state index in [1.165, 1.54) is 0 Å². The topological polar surface area (TPSA) is 50.8 Å². The summed E-state index contributed by atoms with van der Waals surface area (Å²) < 4.78 is 11.3. The van der Waals surface area contributed by atoms with Gasteiger partial charge in [0.25, 0.3) is 5.91 Å². The van der Waals surface area contributed by atoms with Crippen molar-refractivity contribution in [3.8, 4) is 11.5 Å². The molecule has 0 bridgehead atoms. The third kappa shape index (κ3) is 4.30. The predicted octanol–water partition coefficient (Wildman–Crippen LogP) is 2.96. The summed E-state index contributed by atoms with van der Waals surface area (Å²) in [5, 5.41) is 3.68. The Kier molecular flexibility index (Phi) is 6.54. The van der Waals surface area contributed by atoms with Crippen LogP contribution < -0.4 is 14.8 Å². The lowest BCUT2D eigenvalue weighted by atomic mass is 10.1. The number of likely N-dealkylation sites (N-methyl/N-ethyl adjacent to an activating group) is 1. The van der Waals surface area contributed by atoms with Crippen LogP contribution in [-0.2, 0) is 0 Å². The van der Waals surface area contributed by atoms with Gasteiger partial charge < -0.3 is 19.7 Å². The summed E-state index contributed by atoms with van der Waals surface area (Å²) in [7, 11) is 1.83. The molecular formula is C17H25ClN2O3. The molecule has 5 nitrogen and oxygen atoms in total. The van der Waals surface area contributed by atoms with Crippen molar-refractivity contribution in [3.05, 3.63) is 22.7 Å². The lowest BCUT2D eigenvalue weighted by Gasteiger charge is -2.24. The number of nitrogens with zero attached hydrogens (tertiary/aromatic N) is 1. The zero-order valence-corrected chi connectivity index (χ0v) is 14.8. The molecule has 23 heavy (non-hydrogen) atoms. The maximum atomic E-state index is 12.7. The van der Waals surface area contributed by atoms with Crippen LogP contribution in [0.5, 0.6) is 11.5 Å². The lowest BCUT2D eigenvalue weighted by Crippen LogP contribution is -2.38. The molecule has 1 aliphatic heterocycles. The number of carbonyl (C=O) groups is 1. The Labute approximate surface area is 142 Å². The van der Waals surface area contributed by atoms with Gasteiger partial charge in [-0.2, -0.15) is 0 Å². The molecule has 0 aromatic heterocycles. The van der Waals surface area contributed by atoms with Crippen LogP contribution in [-0.4, -0.2) is 50.2 Å². The third-order valence-electron chi connectivity index (χ3n) is 3.91. The van der Waals surface area contributed by atoms with E-state index >= 15 is 0 Å². The van der Waals surface area contributed by atoms with Crippen molar-refractivity contribution in [1.82, 2.24) is 10.2 Å². The Morgan fingerprint density at radius 3 is 2.78 bits per heavy atom. The number of nitrogens with one attached hydrogen (secondary N) is 1. The Balaban J connectivity index is 2.25. The smallest absolute Gasteiger partial charge is 0.254 e. The molecule has 1 aromatic rings. The fourth-order valence-electron chi connectivity index (χ4n) is 2.64. The number of amides is 1. The summed E-state index contributed by atoms with van der Waals surface area (Å²) in [6.07, 6.45) is 1.84. The quantitative estimate of drug-likeness (QED) is 0.829. The molecule has 1 aromatic carbocycles. The molecule has 0 radical (unpaired) electrons. The normalized spacial score (nSPS) is 17.1. The van der Waals surface area contributed by atoms with Gasteiger partial charge >= 0.3 is 0 Å². The average Bonchev–Trinajstić information content (AvgIpc) is 3.07. The lowest BCUT2D eigenvalue weighted by molar-refractivity contribution is 0.0743. The fourth-order valence-corrected chi connectivity index (χ4v) is 2.90. The highest BCUT2D eigenvalue weighted by atomic mass is 35.5. The van der Waals surface area contributed by atoms with Crippen molar-refractivity contribution >= 4 is 17.5 Å². The maximum absolute atomic E-state index is 12.7. The van der Waals surface area contributed by atoms with Gasteiger partial charge in [-0.3, -0.25) is 4.79 Å². The van der Waals surface area contributed by atoms with Gasteiger partial charge in [0.2, 0.25) is 0 Å². The first-order chi connectivity index (χ1) is 11.1. The molecule has 1 fully saturated rings. The Morgan fingerprint density at radius 1 is 1.39 bits per heavy atom. The number of ether oxygens (including phenoxy) is 2. The van der Waals surface area contributed by atoms with Gasteiger partial charge in [0.15, 0.2) is 11.5 Å². The van der Waals surface area contributed by atoms with Crippen LogP contribution in [0.15, 0.2) is 12.1 Å². The molecule has 128 valence electrons. The van der Waals surface area contributed by atoms with E-state index in [4.69, 9.17) is 21.1 Å². The second-order valence-electron chi connectivity index (χ2n) is 5.63. The van der Waals surface area contributed by atoms with Crippen LogP contribution in [0.1, 0.15) is 37.0 Å². The number of halogens is 1. The van der Waals surface area contributed by atoms with Gasteiger partial charge in [-0.15, -0.1) is 0 Å². The molecule has 1 aliphatic rings. The highest BCUT2D eigenvalue weighted by Crippen LogP contribution is 2.37. The molecule has 1 atom stereocenters. The van der Waals surface area contributed by atoms with Gasteiger partial charge in [0, 0.05) is 25.2 Å². The highest BCUT2D eigenvalue weighted by molar-refractivity contribution is 6.32. The maximum Gasteiger partial charge on any atom is 0.254 e. The molecule has 1 N–H and O–H groups in total. The van der Waals surface area contributed by atoms with Crippen LogP contribution in [0.3, 0.4) is 0 Å². The summed E-state index contributed by atoms with van der Waals surface area (Å²) in [6.45, 7) is 6.72. The predicted molar refractivity (Wildman–Crippen MR) is 91.8 cm³/mol. The van der Waals surface area contributed by atoms with Crippen LogP contribution in [0.25, 0.3) is 0 Å². The number of rotatable bonds is 7. The first-order valence-corrected chi connectivity index (χ1v) is 8.53. The van der Waals surface area contributed by atoms with Crippen LogP contribution in [0, 0.1) is 0 Å². The van der Waals surface area contributed by atoms with Crippen LogP contribution in [0.2, 0.25) is 5.02 Å². The highest BCUT2D eigenvalue weighted by Gasteiger charge is 2.25. The van der Waals surface area contributed by atoms with Crippen molar-refractivity contribution in [1.29, 1.82) is 0 Å². The fraction of sp³-hybridized carbons (Fsp3) is 0.588. The summed E-state index contributed by atoms with van der Waals surface area (Å²) >= 11 is 6.33. The number of hydrogen-bond donors (Lipinski definition) is 1. The van der Waals surface area contributed by atoms with Crippen molar-refractivity contribution in [2.75, 3.05) is 33.4 Å². The first-order valence-electron chi connectivity index (χ1n) is 8.15. The molecule has 0 spiro atoms. The number of benzene rings is 1. The Bertz CT molecular complexity index is 545. The zero-order valence-electron chi connectivity index (χ0n) is 14.0. The molecule has 0 aliphatic carbocycles. The first kappa shape index (κ1) is 17.9. The molecule has 1 amide bonds. The van der Waals surface area contributed by atoms with Gasteiger partial charge in [-0.05, 0) is 38.4 Å². The Hall–Kier alpha value is -1.46.